The van der Waals surface area contributed by atoms with Crippen LogP contribution in [0.4, 0.5) is 10.1 Å². The molecule has 0 N–H and O–H groups in total. The highest BCUT2D eigenvalue weighted by atomic mass is 19.1. The van der Waals surface area contributed by atoms with Crippen molar-refractivity contribution in [3.05, 3.63) is 101 Å². The lowest BCUT2D eigenvalue weighted by Gasteiger charge is -2.38. The maximum absolute atomic E-state index is 14.4. The first-order chi connectivity index (χ1) is 15.0. The smallest absolute Gasteiger partial charge is 0.258 e. The number of carbonyl (C=O) groups excluding carboxylic acids is 1. The van der Waals surface area contributed by atoms with Crippen LogP contribution in [0, 0.1) is 19.7 Å². The molecule has 1 amide bonds. The minimum absolute atomic E-state index is 0.0454. The van der Waals surface area contributed by atoms with Crippen molar-refractivity contribution in [1.29, 1.82) is 0 Å². The van der Waals surface area contributed by atoms with Gasteiger partial charge in [0.25, 0.3) is 5.91 Å². The molecule has 31 heavy (non-hydrogen) atoms. The van der Waals surface area contributed by atoms with Crippen molar-refractivity contribution < 1.29 is 9.18 Å². The number of rotatable bonds is 5. The molecule has 0 spiro atoms. The molecular formula is C27H29FN2O. The van der Waals surface area contributed by atoms with Gasteiger partial charge >= 0.3 is 0 Å². The lowest BCUT2D eigenvalue weighted by Crippen LogP contribution is -2.47. The maximum atomic E-state index is 14.4. The van der Waals surface area contributed by atoms with Crippen LogP contribution in [-0.4, -0.2) is 29.9 Å². The van der Waals surface area contributed by atoms with Crippen molar-refractivity contribution >= 4 is 11.6 Å². The lowest BCUT2D eigenvalue weighted by molar-refractivity contribution is 0.0958. The molecule has 0 atom stereocenters. The van der Waals surface area contributed by atoms with E-state index in [0.717, 1.165) is 32.5 Å². The van der Waals surface area contributed by atoms with Crippen LogP contribution < -0.4 is 4.90 Å². The molecule has 1 aliphatic heterocycles. The molecule has 0 radical (unpaired) electrons. The molecule has 0 aliphatic carbocycles. The summed E-state index contributed by atoms with van der Waals surface area (Å²) in [6, 6.07) is 23.1. The highest BCUT2D eigenvalue weighted by molar-refractivity contribution is 6.06. The van der Waals surface area contributed by atoms with Crippen molar-refractivity contribution in [2.45, 2.75) is 39.3 Å². The lowest BCUT2D eigenvalue weighted by atomic mass is 9.99. The summed E-state index contributed by atoms with van der Waals surface area (Å²) < 4.78 is 14.4. The number of likely N-dealkylation sites (tertiary alicyclic amines) is 1. The summed E-state index contributed by atoms with van der Waals surface area (Å²) in [5.74, 6) is -0.346. The molecule has 0 saturated carbocycles. The number of benzene rings is 3. The van der Waals surface area contributed by atoms with Gasteiger partial charge in [-0.3, -0.25) is 9.69 Å². The van der Waals surface area contributed by atoms with Gasteiger partial charge in [-0.1, -0.05) is 54.1 Å². The monoisotopic (exact) mass is 416 g/mol. The zero-order chi connectivity index (χ0) is 21.8. The van der Waals surface area contributed by atoms with Crippen molar-refractivity contribution in [3.8, 4) is 0 Å². The fourth-order valence-electron chi connectivity index (χ4n) is 4.23. The van der Waals surface area contributed by atoms with Gasteiger partial charge in [0.05, 0.1) is 0 Å². The van der Waals surface area contributed by atoms with E-state index in [1.165, 1.54) is 17.2 Å². The van der Waals surface area contributed by atoms with Crippen molar-refractivity contribution in [2.24, 2.45) is 0 Å². The molecule has 0 aromatic heterocycles. The Morgan fingerprint density at radius 1 is 0.968 bits per heavy atom. The zero-order valence-corrected chi connectivity index (χ0v) is 18.2. The minimum Gasteiger partial charge on any atom is -0.305 e. The van der Waals surface area contributed by atoms with Crippen LogP contribution in [0.2, 0.25) is 0 Å². The molecular weight excluding hydrogens is 387 g/mol. The number of aryl methyl sites for hydroxylation is 2. The highest BCUT2D eigenvalue weighted by Gasteiger charge is 2.30. The van der Waals surface area contributed by atoms with Gasteiger partial charge in [-0.05, 0) is 62.1 Å². The SMILES string of the molecule is Cc1ccc(CN2CCC(N(C(=O)c3ccccc3)c3ccc(C)c(F)c3)CC2)cc1. The molecule has 0 unspecified atom stereocenters. The van der Waals surface area contributed by atoms with E-state index in [4.69, 9.17) is 0 Å². The van der Waals surface area contributed by atoms with E-state index >= 15 is 0 Å². The van der Waals surface area contributed by atoms with Crippen LogP contribution in [-0.2, 0) is 6.54 Å². The molecule has 0 bridgehead atoms. The van der Waals surface area contributed by atoms with Gasteiger partial charge in [0, 0.05) is 36.9 Å². The van der Waals surface area contributed by atoms with E-state index in [9.17, 15) is 9.18 Å². The van der Waals surface area contributed by atoms with Crippen LogP contribution in [0.15, 0.2) is 72.8 Å². The summed E-state index contributed by atoms with van der Waals surface area (Å²) in [5, 5.41) is 0. The quantitative estimate of drug-likeness (QED) is 0.528. The van der Waals surface area contributed by atoms with Gasteiger partial charge in [-0.15, -0.1) is 0 Å². The molecule has 1 aliphatic rings. The summed E-state index contributed by atoms with van der Waals surface area (Å²) in [6.07, 6.45) is 1.72. The maximum Gasteiger partial charge on any atom is 0.258 e. The summed E-state index contributed by atoms with van der Waals surface area (Å²) in [6.45, 7) is 6.57. The number of piperidine rings is 1. The number of amides is 1. The Kier molecular flexibility index (Phi) is 6.47. The molecule has 1 fully saturated rings. The number of halogens is 1. The van der Waals surface area contributed by atoms with Crippen molar-refractivity contribution in [1.82, 2.24) is 4.90 Å². The van der Waals surface area contributed by atoms with Gasteiger partial charge in [-0.2, -0.15) is 0 Å². The predicted octanol–water partition coefficient (Wildman–Crippen LogP) is 5.75. The molecule has 4 heteroatoms. The Labute approximate surface area is 184 Å². The van der Waals surface area contributed by atoms with Gasteiger partial charge in [0.1, 0.15) is 5.82 Å². The van der Waals surface area contributed by atoms with Crippen LogP contribution in [0.3, 0.4) is 0 Å². The summed E-state index contributed by atoms with van der Waals surface area (Å²) in [5.41, 5.74) is 4.42. The standard InChI is InChI=1S/C27H29FN2O/c1-20-8-11-22(12-9-20)19-29-16-14-24(15-17-29)30(25-13-10-21(2)26(28)18-25)27(31)23-6-4-3-5-7-23/h3-13,18,24H,14-17,19H2,1-2H3. The first kappa shape index (κ1) is 21.3. The fourth-order valence-corrected chi connectivity index (χ4v) is 4.23. The van der Waals surface area contributed by atoms with Gasteiger partial charge in [0.2, 0.25) is 0 Å². The Hall–Kier alpha value is -2.98. The van der Waals surface area contributed by atoms with Gasteiger partial charge < -0.3 is 4.90 Å². The van der Waals surface area contributed by atoms with Crippen molar-refractivity contribution in [3.63, 3.8) is 0 Å². The average Bonchev–Trinajstić information content (AvgIpc) is 2.79. The van der Waals surface area contributed by atoms with E-state index in [0.29, 0.717) is 16.8 Å². The predicted molar refractivity (Wildman–Crippen MR) is 124 cm³/mol. The Morgan fingerprint density at radius 3 is 2.29 bits per heavy atom. The zero-order valence-electron chi connectivity index (χ0n) is 18.2. The Morgan fingerprint density at radius 2 is 1.65 bits per heavy atom. The largest absolute Gasteiger partial charge is 0.305 e. The van der Waals surface area contributed by atoms with Crippen molar-refractivity contribution in [2.75, 3.05) is 18.0 Å². The Bertz CT molecular complexity index is 1020. The van der Waals surface area contributed by atoms with Crippen LogP contribution in [0.5, 0.6) is 0 Å². The molecule has 1 saturated heterocycles. The Balaban J connectivity index is 1.52. The number of anilines is 1. The minimum atomic E-state index is -0.278. The second-order valence-corrected chi connectivity index (χ2v) is 8.47. The summed E-state index contributed by atoms with van der Waals surface area (Å²) >= 11 is 0. The van der Waals surface area contributed by atoms with Crippen LogP contribution in [0.25, 0.3) is 0 Å². The van der Waals surface area contributed by atoms with E-state index in [1.807, 2.05) is 36.4 Å². The van der Waals surface area contributed by atoms with Gasteiger partial charge in [0.15, 0.2) is 0 Å². The normalized spacial score (nSPS) is 15.1. The van der Waals surface area contributed by atoms with E-state index in [2.05, 4.69) is 36.1 Å². The second-order valence-electron chi connectivity index (χ2n) is 8.47. The average molecular weight is 417 g/mol. The molecule has 1 heterocycles. The summed E-state index contributed by atoms with van der Waals surface area (Å²) in [4.78, 5) is 17.7. The van der Waals surface area contributed by atoms with E-state index in [1.54, 1.807) is 17.9 Å². The highest BCUT2D eigenvalue weighted by Crippen LogP contribution is 2.28. The third-order valence-electron chi connectivity index (χ3n) is 6.12. The number of hydrogen-bond acceptors (Lipinski definition) is 2. The molecule has 4 rings (SSSR count). The number of nitrogens with zero attached hydrogens (tertiary/aromatic N) is 2. The summed E-state index contributed by atoms with van der Waals surface area (Å²) in [7, 11) is 0. The van der Waals surface area contributed by atoms with Gasteiger partial charge in [-0.25, -0.2) is 4.39 Å². The van der Waals surface area contributed by atoms with E-state index in [-0.39, 0.29) is 17.8 Å². The van der Waals surface area contributed by atoms with Crippen LogP contribution >= 0.6 is 0 Å². The molecule has 3 nitrogen and oxygen atoms in total. The molecule has 3 aromatic rings. The number of hydrogen-bond donors (Lipinski definition) is 0. The topological polar surface area (TPSA) is 23.6 Å². The molecule has 3 aromatic carbocycles. The second kappa shape index (κ2) is 9.44. The van der Waals surface area contributed by atoms with Crippen LogP contribution in [0.1, 0.15) is 39.9 Å². The third-order valence-corrected chi connectivity index (χ3v) is 6.12. The molecule has 160 valence electrons. The van der Waals surface area contributed by atoms with E-state index < -0.39 is 0 Å². The fraction of sp³-hybridized carbons (Fsp3) is 0.296. The first-order valence-electron chi connectivity index (χ1n) is 10.9. The third kappa shape index (κ3) is 5.02. The number of carbonyl (C=O) groups is 1. The first-order valence-corrected chi connectivity index (χ1v) is 10.9.